The van der Waals surface area contributed by atoms with E-state index in [1.54, 1.807) is 22.7 Å². The molecule has 3 aliphatic rings. The Morgan fingerprint density at radius 3 is 2.65 bits per heavy atom. The van der Waals surface area contributed by atoms with E-state index >= 15 is 0 Å². The highest BCUT2D eigenvalue weighted by atomic mass is 32.2. The highest BCUT2D eigenvalue weighted by molar-refractivity contribution is 8.02. The van der Waals surface area contributed by atoms with Gasteiger partial charge in [0.25, 0.3) is 0 Å². The fraction of sp³-hybridized carbons (Fsp3) is 0.759. The molecule has 0 aromatic carbocycles. The van der Waals surface area contributed by atoms with Gasteiger partial charge in [0, 0.05) is 31.5 Å². The summed E-state index contributed by atoms with van der Waals surface area (Å²) in [7, 11) is 0. The summed E-state index contributed by atoms with van der Waals surface area (Å²) >= 11 is 1.70. The van der Waals surface area contributed by atoms with Crippen LogP contribution >= 0.6 is 11.8 Å². The molecule has 6 atom stereocenters. The summed E-state index contributed by atoms with van der Waals surface area (Å²) in [6.45, 7) is 13.8. The number of nitrogens with zero attached hydrogens (tertiary/aromatic N) is 2. The molecule has 3 unspecified atom stereocenters. The second kappa shape index (κ2) is 13.8. The number of aliphatic hydroxyl groups is 1. The molecule has 0 aromatic heterocycles. The van der Waals surface area contributed by atoms with Crippen LogP contribution in [0.2, 0.25) is 0 Å². The Morgan fingerprint density at radius 1 is 1.19 bits per heavy atom. The standard InChI is InChI=1S/C29H46N2O5S/c1-5-8-10-14-19-36-28(35)23-22-20-21(4)29(37-22)24(23)26(33)31(17-12-11-13-18-32)25(29)27(34)30(15-7-3)16-9-6-2/h5,7,21-25,32H,1,3,6,8-20H2,2,4H3/t21?,22-,23+,24+,25?,29?/m1/s1. The summed E-state index contributed by atoms with van der Waals surface area (Å²) in [5, 5.41) is 9.22. The first-order valence-corrected chi connectivity index (χ1v) is 15.0. The van der Waals surface area contributed by atoms with Crippen LogP contribution in [0, 0.1) is 17.8 Å². The van der Waals surface area contributed by atoms with E-state index in [1.807, 2.05) is 11.0 Å². The molecule has 0 saturated carbocycles. The number of rotatable bonds is 17. The van der Waals surface area contributed by atoms with E-state index in [-0.39, 0.29) is 35.6 Å². The normalized spacial score (nSPS) is 29.9. The van der Waals surface area contributed by atoms with E-state index < -0.39 is 22.6 Å². The number of esters is 1. The maximum atomic E-state index is 14.2. The highest BCUT2D eigenvalue weighted by Gasteiger charge is 2.76. The number of aliphatic hydroxyl groups excluding tert-OH is 1. The van der Waals surface area contributed by atoms with Crippen molar-refractivity contribution in [1.82, 2.24) is 9.80 Å². The quantitative estimate of drug-likeness (QED) is 0.171. The molecule has 3 fully saturated rings. The Labute approximate surface area is 227 Å². The minimum absolute atomic E-state index is 0.0000369. The molecule has 3 heterocycles. The summed E-state index contributed by atoms with van der Waals surface area (Å²) in [4.78, 5) is 45.3. The number of amides is 2. The number of allylic oxidation sites excluding steroid dienone is 1. The van der Waals surface area contributed by atoms with Crippen molar-refractivity contribution < 1.29 is 24.2 Å². The van der Waals surface area contributed by atoms with Gasteiger partial charge in [-0.25, -0.2) is 0 Å². The van der Waals surface area contributed by atoms with Crippen LogP contribution in [0.5, 0.6) is 0 Å². The summed E-state index contributed by atoms with van der Waals surface area (Å²) < 4.78 is 5.09. The summed E-state index contributed by atoms with van der Waals surface area (Å²) in [5.41, 5.74) is 0. The van der Waals surface area contributed by atoms with Crippen molar-refractivity contribution in [2.75, 3.05) is 32.8 Å². The molecule has 3 saturated heterocycles. The van der Waals surface area contributed by atoms with Gasteiger partial charge < -0.3 is 19.6 Å². The zero-order chi connectivity index (χ0) is 27.0. The van der Waals surface area contributed by atoms with Gasteiger partial charge >= 0.3 is 5.97 Å². The van der Waals surface area contributed by atoms with Crippen molar-refractivity contribution in [2.24, 2.45) is 17.8 Å². The molecule has 2 amide bonds. The topological polar surface area (TPSA) is 87.1 Å². The first-order valence-electron chi connectivity index (χ1n) is 14.1. The van der Waals surface area contributed by atoms with Crippen LogP contribution in [-0.4, -0.2) is 81.6 Å². The van der Waals surface area contributed by atoms with Crippen LogP contribution in [0.4, 0.5) is 0 Å². The van der Waals surface area contributed by atoms with Gasteiger partial charge in [-0.3, -0.25) is 14.4 Å². The number of carbonyl (C=O) groups is 3. The molecule has 37 heavy (non-hydrogen) atoms. The number of unbranched alkanes of at least 4 members (excludes halogenated alkanes) is 5. The van der Waals surface area contributed by atoms with Crippen molar-refractivity contribution in [1.29, 1.82) is 0 Å². The largest absolute Gasteiger partial charge is 0.465 e. The molecule has 0 aliphatic carbocycles. The minimum atomic E-state index is -0.617. The first-order chi connectivity index (χ1) is 17.9. The maximum absolute atomic E-state index is 14.2. The van der Waals surface area contributed by atoms with Crippen LogP contribution in [0.1, 0.15) is 71.6 Å². The lowest BCUT2D eigenvalue weighted by atomic mass is 9.66. The molecule has 2 bridgehead atoms. The van der Waals surface area contributed by atoms with Crippen LogP contribution in [-0.2, 0) is 19.1 Å². The third kappa shape index (κ3) is 5.95. The lowest BCUT2D eigenvalue weighted by Gasteiger charge is -2.40. The maximum Gasteiger partial charge on any atom is 0.310 e. The van der Waals surface area contributed by atoms with Crippen LogP contribution < -0.4 is 0 Å². The zero-order valence-electron chi connectivity index (χ0n) is 22.7. The molecular formula is C29H46N2O5S. The Bertz CT molecular complexity index is 835. The van der Waals surface area contributed by atoms with Crippen LogP contribution in [0.15, 0.2) is 25.3 Å². The van der Waals surface area contributed by atoms with E-state index in [2.05, 4.69) is 27.0 Å². The fourth-order valence-corrected chi connectivity index (χ4v) is 8.91. The Kier molecular flexibility index (Phi) is 11.1. The van der Waals surface area contributed by atoms with Gasteiger partial charge in [-0.2, -0.15) is 0 Å². The van der Waals surface area contributed by atoms with Gasteiger partial charge in [-0.15, -0.1) is 24.9 Å². The van der Waals surface area contributed by atoms with Gasteiger partial charge in [-0.05, 0) is 57.3 Å². The van der Waals surface area contributed by atoms with E-state index in [0.717, 1.165) is 51.4 Å². The Morgan fingerprint density at radius 2 is 1.97 bits per heavy atom. The van der Waals surface area contributed by atoms with Crippen LogP contribution in [0.25, 0.3) is 0 Å². The predicted molar refractivity (Wildman–Crippen MR) is 148 cm³/mol. The lowest BCUT2D eigenvalue weighted by Crippen LogP contribution is -2.57. The number of carbonyl (C=O) groups excluding carboxylic acids is 3. The van der Waals surface area contributed by atoms with E-state index in [1.165, 1.54) is 0 Å². The fourth-order valence-electron chi connectivity index (χ4n) is 6.51. The average Bonchev–Trinajstić information content (AvgIpc) is 3.47. The number of likely N-dealkylation sites (tertiary alicyclic amines) is 1. The minimum Gasteiger partial charge on any atom is -0.465 e. The zero-order valence-corrected chi connectivity index (χ0v) is 23.6. The van der Waals surface area contributed by atoms with Gasteiger partial charge in [0.05, 0.1) is 23.2 Å². The summed E-state index contributed by atoms with van der Waals surface area (Å²) in [6, 6.07) is -0.591. The third-order valence-corrected chi connectivity index (χ3v) is 10.4. The van der Waals surface area contributed by atoms with Crippen LogP contribution in [0.3, 0.4) is 0 Å². The average molecular weight is 535 g/mol. The van der Waals surface area contributed by atoms with Crippen molar-refractivity contribution >= 4 is 29.5 Å². The monoisotopic (exact) mass is 534 g/mol. The molecule has 8 heteroatoms. The number of ether oxygens (including phenoxy) is 1. The molecule has 3 rings (SSSR count). The number of fused-ring (bicyclic) bond motifs is 1. The third-order valence-electron chi connectivity index (χ3n) is 8.30. The molecule has 0 radical (unpaired) electrons. The van der Waals surface area contributed by atoms with E-state index in [4.69, 9.17) is 4.74 Å². The Hall–Kier alpha value is -1.80. The number of hydrogen-bond acceptors (Lipinski definition) is 6. The second-order valence-corrected chi connectivity index (χ2v) is 12.3. The summed E-state index contributed by atoms with van der Waals surface area (Å²) in [5.74, 6) is -1.28. The van der Waals surface area contributed by atoms with E-state index in [9.17, 15) is 19.5 Å². The molecular weight excluding hydrogens is 488 g/mol. The van der Waals surface area contributed by atoms with Gasteiger partial charge in [0.2, 0.25) is 11.8 Å². The molecule has 7 nitrogen and oxygen atoms in total. The first kappa shape index (κ1) is 29.8. The SMILES string of the molecule is C=CCCCCOC(=O)[C@@H]1[C@H]2C(=O)N(CCCCCO)C(C(=O)N(CC=C)CCCC)C23S[C@@H]1CC3C. The van der Waals surface area contributed by atoms with Crippen molar-refractivity contribution in [3.63, 3.8) is 0 Å². The number of thioether (sulfide) groups is 1. The van der Waals surface area contributed by atoms with Crippen molar-refractivity contribution in [2.45, 2.75) is 87.7 Å². The van der Waals surface area contributed by atoms with E-state index in [0.29, 0.717) is 32.7 Å². The smallest absolute Gasteiger partial charge is 0.310 e. The van der Waals surface area contributed by atoms with Gasteiger partial charge in [0.15, 0.2) is 0 Å². The van der Waals surface area contributed by atoms with Crippen molar-refractivity contribution in [3.8, 4) is 0 Å². The molecule has 3 aliphatic heterocycles. The number of hydrogen-bond donors (Lipinski definition) is 1. The Balaban J connectivity index is 1.90. The van der Waals surface area contributed by atoms with Gasteiger partial charge in [-0.1, -0.05) is 32.4 Å². The highest BCUT2D eigenvalue weighted by Crippen LogP contribution is 2.68. The van der Waals surface area contributed by atoms with Crippen molar-refractivity contribution in [3.05, 3.63) is 25.3 Å². The lowest BCUT2D eigenvalue weighted by molar-refractivity contribution is -0.154. The summed E-state index contributed by atoms with van der Waals surface area (Å²) in [6.07, 6.45) is 11.0. The molecule has 1 spiro atoms. The molecule has 0 aromatic rings. The molecule has 208 valence electrons. The second-order valence-electron chi connectivity index (χ2n) is 10.7. The van der Waals surface area contributed by atoms with Gasteiger partial charge in [0.1, 0.15) is 6.04 Å². The predicted octanol–water partition coefficient (Wildman–Crippen LogP) is 4.20. The molecule has 1 N–H and O–H groups in total.